The Morgan fingerprint density at radius 1 is 1.24 bits per heavy atom. The lowest BCUT2D eigenvalue weighted by molar-refractivity contribution is -0.121. The van der Waals surface area contributed by atoms with Gasteiger partial charge in [-0.25, -0.2) is 4.79 Å². The van der Waals surface area contributed by atoms with E-state index in [0.717, 1.165) is 0 Å². The number of fused-ring (bicyclic) bond motifs is 1. The van der Waals surface area contributed by atoms with Crippen LogP contribution >= 0.6 is 0 Å². The molecule has 25 heavy (non-hydrogen) atoms. The second-order valence-corrected chi connectivity index (χ2v) is 6.99. The summed E-state index contributed by atoms with van der Waals surface area (Å²) >= 11 is 0. The molecule has 0 saturated heterocycles. The summed E-state index contributed by atoms with van der Waals surface area (Å²) in [7, 11) is 0. The van der Waals surface area contributed by atoms with Crippen molar-refractivity contribution in [2.75, 3.05) is 6.61 Å². The van der Waals surface area contributed by atoms with Crippen LogP contribution in [0.15, 0.2) is 33.5 Å². The van der Waals surface area contributed by atoms with Crippen molar-refractivity contribution < 1.29 is 24.2 Å². The molecule has 0 spiro atoms. The Kier molecular flexibility index (Phi) is 5.65. The molecule has 0 aliphatic heterocycles. The fourth-order valence-electron chi connectivity index (χ4n) is 2.23. The molecule has 0 bridgehead atoms. The normalized spacial score (nSPS) is 13.2. The number of carbonyl (C=O) groups excluding carboxylic acids is 1. The zero-order chi connectivity index (χ0) is 18.8. The predicted octanol–water partition coefficient (Wildman–Crippen LogP) is 2.07. The van der Waals surface area contributed by atoms with Crippen molar-refractivity contribution in [2.45, 2.75) is 45.8 Å². The summed E-state index contributed by atoms with van der Waals surface area (Å²) in [5, 5.41) is 20.4. The van der Waals surface area contributed by atoms with Gasteiger partial charge in [0.1, 0.15) is 29.8 Å². The maximum Gasteiger partial charge on any atom is 0.336 e. The van der Waals surface area contributed by atoms with Gasteiger partial charge in [-0.2, -0.15) is 0 Å². The zero-order valence-corrected chi connectivity index (χ0v) is 14.9. The van der Waals surface area contributed by atoms with Crippen molar-refractivity contribution in [1.82, 2.24) is 0 Å². The third-order valence-electron chi connectivity index (χ3n) is 4.06. The van der Waals surface area contributed by atoms with Gasteiger partial charge < -0.3 is 19.4 Å². The molecule has 0 aliphatic rings. The quantitative estimate of drug-likeness (QED) is 0.744. The van der Waals surface area contributed by atoms with Crippen LogP contribution in [0.2, 0.25) is 0 Å². The van der Waals surface area contributed by atoms with Crippen molar-refractivity contribution in [3.05, 3.63) is 40.2 Å². The van der Waals surface area contributed by atoms with Crippen LogP contribution < -0.4 is 10.4 Å². The third-order valence-corrected chi connectivity index (χ3v) is 4.06. The maximum atomic E-state index is 12.2. The third kappa shape index (κ3) is 4.67. The number of Topliss-reactive ketones (excluding diaryl/α,β-unsaturated/α-hetero) is 1. The van der Waals surface area contributed by atoms with E-state index >= 15 is 0 Å². The molecule has 1 aromatic heterocycles. The van der Waals surface area contributed by atoms with Crippen LogP contribution in [0, 0.1) is 5.92 Å². The number of carbonyl (C=O) groups is 1. The van der Waals surface area contributed by atoms with E-state index in [2.05, 4.69) is 0 Å². The first kappa shape index (κ1) is 19.1. The van der Waals surface area contributed by atoms with E-state index in [1.165, 1.54) is 19.9 Å². The molecule has 6 heteroatoms. The monoisotopic (exact) mass is 348 g/mol. The number of hydrogen-bond donors (Lipinski definition) is 2. The summed E-state index contributed by atoms with van der Waals surface area (Å²) in [6.07, 6.45) is -1.06. The molecule has 0 radical (unpaired) electrons. The van der Waals surface area contributed by atoms with Gasteiger partial charge in [-0.3, -0.25) is 4.79 Å². The summed E-state index contributed by atoms with van der Waals surface area (Å²) in [6.45, 7) is 6.38. The highest BCUT2D eigenvalue weighted by Gasteiger charge is 2.26. The molecular weight excluding hydrogens is 324 g/mol. The molecule has 1 aromatic carbocycles. The first-order chi connectivity index (χ1) is 11.6. The Hall–Kier alpha value is -2.18. The van der Waals surface area contributed by atoms with Gasteiger partial charge in [-0.1, -0.05) is 13.8 Å². The van der Waals surface area contributed by atoms with Gasteiger partial charge >= 0.3 is 5.63 Å². The molecule has 2 rings (SSSR count). The number of benzene rings is 1. The lowest BCUT2D eigenvalue weighted by Gasteiger charge is -2.25. The highest BCUT2D eigenvalue weighted by molar-refractivity contribution is 5.90. The Bertz CT molecular complexity index is 813. The molecule has 1 heterocycles. The summed E-state index contributed by atoms with van der Waals surface area (Å²) < 4.78 is 10.9. The minimum atomic E-state index is -1.32. The van der Waals surface area contributed by atoms with Crippen molar-refractivity contribution in [3.63, 3.8) is 0 Å². The number of ether oxygens (including phenoxy) is 1. The molecule has 0 aliphatic carbocycles. The van der Waals surface area contributed by atoms with Crippen molar-refractivity contribution in [3.8, 4) is 5.75 Å². The largest absolute Gasteiger partial charge is 0.490 e. The highest BCUT2D eigenvalue weighted by atomic mass is 16.5. The van der Waals surface area contributed by atoms with E-state index < -0.39 is 17.3 Å². The fraction of sp³-hybridized carbons (Fsp3) is 0.474. The molecule has 0 saturated carbocycles. The van der Waals surface area contributed by atoms with Crippen molar-refractivity contribution >= 4 is 16.8 Å². The van der Waals surface area contributed by atoms with Gasteiger partial charge in [0.2, 0.25) is 0 Å². The number of hydrogen-bond acceptors (Lipinski definition) is 6. The van der Waals surface area contributed by atoms with Crippen molar-refractivity contribution in [2.24, 2.45) is 5.92 Å². The molecular formula is C19H24O6. The molecule has 0 fully saturated rings. The average molecular weight is 348 g/mol. The van der Waals surface area contributed by atoms with E-state index in [4.69, 9.17) is 9.15 Å². The van der Waals surface area contributed by atoms with Gasteiger partial charge in [0.05, 0.1) is 5.60 Å². The Morgan fingerprint density at radius 3 is 2.48 bits per heavy atom. The molecule has 136 valence electrons. The summed E-state index contributed by atoms with van der Waals surface area (Å²) in [5.41, 5.74) is -1.06. The van der Waals surface area contributed by atoms with Gasteiger partial charge in [0.25, 0.3) is 0 Å². The van der Waals surface area contributed by atoms with Crippen LogP contribution in [0.25, 0.3) is 11.0 Å². The van der Waals surface area contributed by atoms with Crippen LogP contribution in [0.3, 0.4) is 0 Å². The second-order valence-electron chi connectivity index (χ2n) is 6.99. The minimum Gasteiger partial charge on any atom is -0.490 e. The highest BCUT2D eigenvalue weighted by Crippen LogP contribution is 2.29. The van der Waals surface area contributed by atoms with Crippen molar-refractivity contribution in [1.29, 1.82) is 0 Å². The van der Waals surface area contributed by atoms with E-state index in [1.54, 1.807) is 32.0 Å². The SMILES string of the molecule is CC(C)C(=O)Cc1c(OC[C@@H](O)C(C)(C)O)ccc2ccc(=O)oc12. The molecule has 2 N–H and O–H groups in total. The first-order valence-electron chi connectivity index (χ1n) is 8.21. The molecule has 0 amide bonds. The molecule has 0 unspecified atom stereocenters. The summed E-state index contributed by atoms with van der Waals surface area (Å²) in [6, 6.07) is 6.32. The van der Waals surface area contributed by atoms with Gasteiger partial charge in [0, 0.05) is 29.4 Å². The zero-order valence-electron chi connectivity index (χ0n) is 14.9. The van der Waals surface area contributed by atoms with Gasteiger partial charge in [-0.05, 0) is 32.0 Å². The Labute approximate surface area is 146 Å². The van der Waals surface area contributed by atoms with Gasteiger partial charge in [0.15, 0.2) is 0 Å². The van der Waals surface area contributed by atoms with E-state index in [1.807, 2.05) is 0 Å². The minimum absolute atomic E-state index is 0.0214. The van der Waals surface area contributed by atoms with E-state index in [9.17, 15) is 19.8 Å². The maximum absolute atomic E-state index is 12.2. The van der Waals surface area contributed by atoms with Crippen LogP contribution in [0.5, 0.6) is 5.75 Å². The summed E-state index contributed by atoms with van der Waals surface area (Å²) in [5.74, 6) is 0.145. The first-order valence-corrected chi connectivity index (χ1v) is 8.21. The fourth-order valence-corrected chi connectivity index (χ4v) is 2.23. The number of aliphatic hydroxyl groups excluding tert-OH is 1. The topological polar surface area (TPSA) is 97.0 Å². The number of ketones is 1. The smallest absolute Gasteiger partial charge is 0.336 e. The van der Waals surface area contributed by atoms with Crippen LogP contribution in [0.4, 0.5) is 0 Å². The molecule has 2 aromatic rings. The molecule has 6 nitrogen and oxygen atoms in total. The van der Waals surface area contributed by atoms with Gasteiger partial charge in [-0.15, -0.1) is 0 Å². The standard InChI is InChI=1S/C19H24O6/c1-11(2)14(20)9-13-15(24-10-16(21)19(3,4)23)7-5-12-6-8-17(22)25-18(12)13/h5-8,11,16,21,23H,9-10H2,1-4H3/t16-/m1/s1. The van der Waals surface area contributed by atoms with E-state index in [0.29, 0.717) is 22.3 Å². The molecule has 1 atom stereocenters. The van der Waals surface area contributed by atoms with Crippen LogP contribution in [-0.2, 0) is 11.2 Å². The lowest BCUT2D eigenvalue weighted by atomic mass is 9.98. The second kappa shape index (κ2) is 7.37. The predicted molar refractivity (Wildman–Crippen MR) is 93.8 cm³/mol. The summed E-state index contributed by atoms with van der Waals surface area (Å²) in [4.78, 5) is 23.8. The van der Waals surface area contributed by atoms with Crippen LogP contribution in [-0.4, -0.2) is 34.3 Å². The van der Waals surface area contributed by atoms with Crippen LogP contribution in [0.1, 0.15) is 33.3 Å². The number of rotatable bonds is 7. The Balaban J connectivity index is 2.44. The Morgan fingerprint density at radius 2 is 1.88 bits per heavy atom. The van der Waals surface area contributed by atoms with E-state index in [-0.39, 0.29) is 24.7 Å². The lowest BCUT2D eigenvalue weighted by Crippen LogP contribution is -2.40. The average Bonchev–Trinajstić information content (AvgIpc) is 2.52. The number of aliphatic hydroxyl groups is 2.